The molecule has 0 spiro atoms. The van der Waals surface area contributed by atoms with Crippen LogP contribution in [-0.2, 0) is 19.0 Å². The van der Waals surface area contributed by atoms with Crippen LogP contribution < -0.4 is 5.32 Å². The summed E-state index contributed by atoms with van der Waals surface area (Å²) in [6, 6.07) is -0.805. The van der Waals surface area contributed by atoms with Crippen LogP contribution in [0.1, 0.15) is 6.92 Å². The number of ether oxygens (including phenoxy) is 3. The minimum atomic E-state index is -1.17. The van der Waals surface area contributed by atoms with Crippen LogP contribution in [0.5, 0.6) is 0 Å². The summed E-state index contributed by atoms with van der Waals surface area (Å²) in [7, 11) is 2.86. The van der Waals surface area contributed by atoms with Crippen molar-refractivity contribution >= 4 is 5.91 Å². The Hall–Kier alpha value is -0.730. The van der Waals surface area contributed by atoms with E-state index in [4.69, 9.17) is 14.2 Å². The fraction of sp³-hybridized carbons (Fsp3) is 0.900. The number of amides is 1. The molecule has 0 aliphatic carbocycles. The number of aliphatic hydroxyl groups is 2. The number of hydrogen-bond donors (Lipinski definition) is 3. The molecule has 1 fully saturated rings. The molecule has 17 heavy (non-hydrogen) atoms. The molecule has 1 aliphatic heterocycles. The van der Waals surface area contributed by atoms with Crippen LogP contribution in [-0.4, -0.2) is 67.6 Å². The van der Waals surface area contributed by atoms with Crippen molar-refractivity contribution in [2.24, 2.45) is 0 Å². The lowest BCUT2D eigenvalue weighted by Crippen LogP contribution is -2.64. The molecular weight excluding hydrogens is 230 g/mol. The predicted molar refractivity (Wildman–Crippen MR) is 57.2 cm³/mol. The highest BCUT2D eigenvalue weighted by molar-refractivity contribution is 5.73. The Morgan fingerprint density at radius 2 is 2.00 bits per heavy atom. The summed E-state index contributed by atoms with van der Waals surface area (Å²) in [5.41, 5.74) is 0. The second-order valence-electron chi connectivity index (χ2n) is 3.94. The van der Waals surface area contributed by atoms with E-state index in [0.29, 0.717) is 0 Å². The Morgan fingerprint density at radius 3 is 2.47 bits per heavy atom. The third-order valence-electron chi connectivity index (χ3n) is 2.63. The van der Waals surface area contributed by atoms with Gasteiger partial charge in [0.1, 0.15) is 24.4 Å². The maximum absolute atomic E-state index is 11.0. The molecule has 100 valence electrons. The van der Waals surface area contributed by atoms with Gasteiger partial charge in [0, 0.05) is 21.1 Å². The Bertz CT molecular complexity index is 259. The molecule has 1 rings (SSSR count). The fourth-order valence-corrected chi connectivity index (χ4v) is 1.82. The smallest absolute Gasteiger partial charge is 0.217 e. The molecule has 7 heteroatoms. The SMILES string of the molecule is COC[C@H]1OC(OC)[C@H](NC(C)=O)[C@@H](O)[C@@H]1O. The summed E-state index contributed by atoms with van der Waals surface area (Å²) in [5, 5.41) is 22.2. The molecule has 0 bridgehead atoms. The van der Waals surface area contributed by atoms with Crippen LogP contribution in [0.2, 0.25) is 0 Å². The van der Waals surface area contributed by atoms with Crippen molar-refractivity contribution in [1.82, 2.24) is 5.32 Å². The van der Waals surface area contributed by atoms with E-state index in [-0.39, 0.29) is 12.5 Å². The van der Waals surface area contributed by atoms with Crippen molar-refractivity contribution in [3.05, 3.63) is 0 Å². The number of hydrogen-bond acceptors (Lipinski definition) is 6. The van der Waals surface area contributed by atoms with Crippen LogP contribution >= 0.6 is 0 Å². The molecule has 5 atom stereocenters. The summed E-state index contributed by atoms with van der Waals surface area (Å²) >= 11 is 0. The third kappa shape index (κ3) is 3.36. The second kappa shape index (κ2) is 6.27. The van der Waals surface area contributed by atoms with Crippen molar-refractivity contribution in [1.29, 1.82) is 0 Å². The monoisotopic (exact) mass is 249 g/mol. The highest BCUT2D eigenvalue weighted by Gasteiger charge is 2.45. The average molecular weight is 249 g/mol. The van der Waals surface area contributed by atoms with Crippen LogP contribution in [0.25, 0.3) is 0 Å². The summed E-state index contributed by atoms with van der Waals surface area (Å²) in [6.45, 7) is 1.44. The van der Waals surface area contributed by atoms with Crippen molar-refractivity contribution < 1.29 is 29.2 Å². The van der Waals surface area contributed by atoms with Gasteiger partial charge < -0.3 is 29.7 Å². The van der Waals surface area contributed by atoms with Gasteiger partial charge in [-0.15, -0.1) is 0 Å². The van der Waals surface area contributed by atoms with Crippen molar-refractivity contribution in [2.45, 2.75) is 37.6 Å². The van der Waals surface area contributed by atoms with E-state index in [1.165, 1.54) is 21.1 Å². The first kappa shape index (κ1) is 14.3. The Balaban J connectivity index is 2.75. The van der Waals surface area contributed by atoms with Gasteiger partial charge in [0.25, 0.3) is 0 Å². The van der Waals surface area contributed by atoms with E-state index in [0.717, 1.165) is 0 Å². The zero-order valence-corrected chi connectivity index (χ0v) is 10.1. The Labute approximate surface area is 99.7 Å². The van der Waals surface area contributed by atoms with E-state index in [1.807, 2.05) is 0 Å². The number of carbonyl (C=O) groups is 1. The van der Waals surface area contributed by atoms with Gasteiger partial charge in [-0.2, -0.15) is 0 Å². The first-order chi connectivity index (χ1) is 8.01. The average Bonchev–Trinajstić information content (AvgIpc) is 2.28. The number of rotatable bonds is 4. The highest BCUT2D eigenvalue weighted by Crippen LogP contribution is 2.21. The second-order valence-corrected chi connectivity index (χ2v) is 3.94. The van der Waals surface area contributed by atoms with Crippen LogP contribution in [0.15, 0.2) is 0 Å². The predicted octanol–water partition coefficient (Wildman–Crippen LogP) is -1.77. The van der Waals surface area contributed by atoms with Gasteiger partial charge in [0.05, 0.1) is 6.61 Å². The van der Waals surface area contributed by atoms with Crippen LogP contribution in [0.3, 0.4) is 0 Å². The van der Waals surface area contributed by atoms with Gasteiger partial charge in [-0.1, -0.05) is 0 Å². The van der Waals surface area contributed by atoms with E-state index in [1.54, 1.807) is 0 Å². The lowest BCUT2D eigenvalue weighted by molar-refractivity contribution is -0.264. The third-order valence-corrected chi connectivity index (χ3v) is 2.63. The fourth-order valence-electron chi connectivity index (χ4n) is 1.82. The van der Waals surface area contributed by atoms with E-state index in [9.17, 15) is 15.0 Å². The zero-order chi connectivity index (χ0) is 13.0. The maximum Gasteiger partial charge on any atom is 0.217 e. The van der Waals surface area contributed by atoms with Crippen molar-refractivity contribution in [2.75, 3.05) is 20.8 Å². The molecule has 1 aliphatic rings. The molecule has 1 amide bonds. The number of methoxy groups -OCH3 is 2. The molecular formula is C10H19NO6. The molecule has 1 saturated heterocycles. The van der Waals surface area contributed by atoms with E-state index < -0.39 is 30.6 Å². The quantitative estimate of drug-likeness (QED) is 0.545. The molecule has 0 saturated carbocycles. The van der Waals surface area contributed by atoms with Crippen molar-refractivity contribution in [3.63, 3.8) is 0 Å². The van der Waals surface area contributed by atoms with Gasteiger partial charge >= 0.3 is 0 Å². The Morgan fingerprint density at radius 1 is 1.35 bits per heavy atom. The lowest BCUT2D eigenvalue weighted by atomic mass is 9.97. The largest absolute Gasteiger partial charge is 0.388 e. The summed E-state index contributed by atoms with van der Waals surface area (Å²) < 4.78 is 15.3. The number of nitrogens with one attached hydrogen (secondary N) is 1. The number of aliphatic hydroxyl groups excluding tert-OH is 2. The minimum absolute atomic E-state index is 0.130. The molecule has 3 N–H and O–H groups in total. The van der Waals surface area contributed by atoms with Gasteiger partial charge in [-0.3, -0.25) is 4.79 Å². The summed E-state index contributed by atoms with van der Waals surface area (Å²) in [6.07, 6.45) is -3.82. The molecule has 7 nitrogen and oxygen atoms in total. The van der Waals surface area contributed by atoms with E-state index >= 15 is 0 Å². The van der Waals surface area contributed by atoms with Gasteiger partial charge in [-0.05, 0) is 0 Å². The molecule has 0 aromatic carbocycles. The Kier molecular flexibility index (Phi) is 5.29. The van der Waals surface area contributed by atoms with Crippen LogP contribution in [0, 0.1) is 0 Å². The topological polar surface area (TPSA) is 97.2 Å². The lowest BCUT2D eigenvalue weighted by Gasteiger charge is -2.41. The standard InChI is InChI=1S/C10H19NO6/c1-5(12)11-7-9(14)8(13)6(4-15-2)17-10(7)16-3/h6-10,13-14H,4H2,1-3H3,(H,11,12)/t6-,7-,8-,9-,10?/m1/s1. The van der Waals surface area contributed by atoms with Gasteiger partial charge in [0.15, 0.2) is 6.29 Å². The van der Waals surface area contributed by atoms with Crippen molar-refractivity contribution in [3.8, 4) is 0 Å². The molecule has 1 unspecified atom stereocenters. The normalized spacial score (nSPS) is 37.8. The van der Waals surface area contributed by atoms with Gasteiger partial charge in [0.2, 0.25) is 5.91 Å². The van der Waals surface area contributed by atoms with E-state index in [2.05, 4.69) is 5.32 Å². The van der Waals surface area contributed by atoms with Gasteiger partial charge in [-0.25, -0.2) is 0 Å². The molecule has 0 radical (unpaired) electrons. The first-order valence-electron chi connectivity index (χ1n) is 5.31. The molecule has 0 aromatic heterocycles. The maximum atomic E-state index is 11.0. The first-order valence-corrected chi connectivity index (χ1v) is 5.31. The summed E-state index contributed by atoms with van der Waals surface area (Å²) in [4.78, 5) is 11.0. The zero-order valence-electron chi connectivity index (χ0n) is 10.1. The highest BCUT2D eigenvalue weighted by atomic mass is 16.7. The molecule has 1 heterocycles. The molecule has 0 aromatic rings. The number of carbonyl (C=O) groups excluding carboxylic acids is 1. The summed E-state index contributed by atoms with van der Waals surface area (Å²) in [5.74, 6) is -0.336. The minimum Gasteiger partial charge on any atom is -0.388 e. The van der Waals surface area contributed by atoms with Crippen LogP contribution in [0.4, 0.5) is 0 Å².